The monoisotopic (exact) mass is 505 g/mol. The summed E-state index contributed by atoms with van der Waals surface area (Å²) in [6, 6.07) is 15.7. The Morgan fingerprint density at radius 3 is 2.42 bits per heavy atom. The topological polar surface area (TPSA) is 112 Å². The van der Waals surface area contributed by atoms with Crippen molar-refractivity contribution in [3.63, 3.8) is 0 Å². The van der Waals surface area contributed by atoms with Crippen LogP contribution >= 0.6 is 11.3 Å². The first-order valence-corrected chi connectivity index (χ1v) is 12.0. The highest BCUT2D eigenvalue weighted by Crippen LogP contribution is 2.40. The van der Waals surface area contributed by atoms with E-state index in [0.29, 0.717) is 16.5 Å². The lowest BCUT2D eigenvalue weighted by Crippen LogP contribution is -2.24. The van der Waals surface area contributed by atoms with Crippen LogP contribution < -0.4 is 10.9 Å². The normalized spacial score (nSPS) is 10.8. The smallest absolute Gasteiger partial charge is 0.351 e. The number of carbonyl (C=O) groups is 3. The fraction of sp³-hybridized carbons (Fsp3) is 0.185. The molecular weight excluding hydrogens is 482 g/mol. The zero-order valence-corrected chi connectivity index (χ0v) is 20.7. The molecular formula is C27H23NO7S. The van der Waals surface area contributed by atoms with E-state index in [1.165, 1.54) is 17.4 Å². The van der Waals surface area contributed by atoms with Crippen molar-refractivity contribution in [3.8, 4) is 11.1 Å². The van der Waals surface area contributed by atoms with Gasteiger partial charge >= 0.3 is 17.6 Å². The van der Waals surface area contributed by atoms with Crippen LogP contribution in [0.2, 0.25) is 0 Å². The largest absolute Gasteiger partial charge is 0.462 e. The second-order valence-electron chi connectivity index (χ2n) is 7.93. The number of aryl methyl sites for hydroxylation is 2. The van der Waals surface area contributed by atoms with Gasteiger partial charge in [0.2, 0.25) is 0 Å². The minimum atomic E-state index is -0.988. The highest BCUT2D eigenvalue weighted by Gasteiger charge is 2.26. The average molecular weight is 506 g/mol. The molecule has 4 rings (SSSR count). The minimum absolute atomic E-state index is 0.167. The quantitative estimate of drug-likeness (QED) is 0.274. The number of nitrogens with one attached hydrogen (secondary N) is 1. The summed E-state index contributed by atoms with van der Waals surface area (Å²) in [7, 11) is 0. The summed E-state index contributed by atoms with van der Waals surface area (Å²) < 4.78 is 15.4. The first kappa shape index (κ1) is 24.9. The molecule has 0 aliphatic carbocycles. The molecule has 184 valence electrons. The number of hydrogen-bond acceptors (Lipinski definition) is 8. The van der Waals surface area contributed by atoms with E-state index in [0.717, 1.165) is 16.0 Å². The van der Waals surface area contributed by atoms with Gasteiger partial charge in [0.25, 0.3) is 5.91 Å². The first-order valence-electron chi connectivity index (χ1n) is 11.2. The molecule has 0 atom stereocenters. The van der Waals surface area contributed by atoms with E-state index >= 15 is 0 Å². The van der Waals surface area contributed by atoms with E-state index in [9.17, 15) is 19.2 Å². The summed E-state index contributed by atoms with van der Waals surface area (Å²) in [5, 5.41) is 3.47. The number of fused-ring (bicyclic) bond motifs is 1. The number of amides is 1. The molecule has 9 heteroatoms. The van der Waals surface area contributed by atoms with E-state index in [4.69, 9.17) is 13.9 Å². The fourth-order valence-electron chi connectivity index (χ4n) is 3.67. The Morgan fingerprint density at radius 1 is 0.972 bits per heavy atom. The molecule has 0 radical (unpaired) electrons. The van der Waals surface area contributed by atoms with E-state index in [2.05, 4.69) is 5.32 Å². The molecule has 0 aliphatic rings. The Morgan fingerprint density at radius 2 is 1.69 bits per heavy atom. The Labute approximate surface area is 210 Å². The van der Waals surface area contributed by atoms with Gasteiger partial charge in [-0.15, -0.1) is 11.3 Å². The number of carbonyl (C=O) groups excluding carboxylic acids is 3. The van der Waals surface area contributed by atoms with Gasteiger partial charge in [-0.25, -0.2) is 14.4 Å². The predicted octanol–water partition coefficient (Wildman–Crippen LogP) is 5.11. The standard InChI is InChI=1S/C27H23NO7S/c1-4-33-27(32)23-22(17-11-9-15(2)10-12-17)16(3)36-24(23)28-21(29)14-34-25(30)19-13-18-7-5-6-8-20(18)35-26(19)31/h5-13H,4,14H2,1-3H3,(H,28,29). The van der Waals surface area contributed by atoms with Gasteiger partial charge in [0, 0.05) is 15.8 Å². The molecule has 8 nitrogen and oxygen atoms in total. The summed E-state index contributed by atoms with van der Waals surface area (Å²) in [5.74, 6) is -2.23. The van der Waals surface area contributed by atoms with E-state index in [-0.39, 0.29) is 22.7 Å². The summed E-state index contributed by atoms with van der Waals surface area (Å²) in [4.78, 5) is 50.9. The van der Waals surface area contributed by atoms with Crippen molar-refractivity contribution in [1.82, 2.24) is 0 Å². The summed E-state index contributed by atoms with van der Waals surface area (Å²) in [6.07, 6.45) is 0. The van der Waals surface area contributed by atoms with Crippen molar-refractivity contribution in [2.45, 2.75) is 20.8 Å². The van der Waals surface area contributed by atoms with Gasteiger partial charge in [-0.1, -0.05) is 48.0 Å². The van der Waals surface area contributed by atoms with E-state index < -0.39 is 30.1 Å². The van der Waals surface area contributed by atoms with Crippen LogP contribution in [-0.4, -0.2) is 31.1 Å². The van der Waals surface area contributed by atoms with Gasteiger partial charge in [0.05, 0.1) is 6.61 Å². The van der Waals surface area contributed by atoms with Crippen molar-refractivity contribution in [3.05, 3.63) is 86.6 Å². The molecule has 0 saturated carbocycles. The van der Waals surface area contributed by atoms with Crippen LogP contribution in [0.15, 0.2) is 63.8 Å². The zero-order valence-electron chi connectivity index (χ0n) is 19.9. The lowest BCUT2D eigenvalue weighted by atomic mass is 10.0. The molecule has 2 aromatic heterocycles. The number of rotatable bonds is 7. The molecule has 36 heavy (non-hydrogen) atoms. The lowest BCUT2D eigenvalue weighted by molar-refractivity contribution is -0.119. The van der Waals surface area contributed by atoms with Crippen molar-refractivity contribution in [1.29, 1.82) is 0 Å². The molecule has 0 unspecified atom stereocenters. The molecule has 4 aromatic rings. The van der Waals surface area contributed by atoms with Crippen molar-refractivity contribution in [2.75, 3.05) is 18.5 Å². The van der Waals surface area contributed by atoms with Crippen LogP contribution in [0.25, 0.3) is 22.1 Å². The number of hydrogen-bond donors (Lipinski definition) is 1. The summed E-state index contributed by atoms with van der Waals surface area (Å²) in [6.45, 7) is 5.01. The second-order valence-corrected chi connectivity index (χ2v) is 9.16. The number of benzene rings is 2. The van der Waals surface area contributed by atoms with Crippen LogP contribution in [0, 0.1) is 13.8 Å². The van der Waals surface area contributed by atoms with Gasteiger partial charge in [0.15, 0.2) is 6.61 Å². The Balaban J connectivity index is 1.54. The fourth-order valence-corrected chi connectivity index (χ4v) is 4.75. The third-order valence-electron chi connectivity index (χ3n) is 5.35. The van der Waals surface area contributed by atoms with E-state index in [1.54, 1.807) is 31.2 Å². The van der Waals surface area contributed by atoms with Gasteiger partial charge < -0.3 is 19.2 Å². The van der Waals surface area contributed by atoms with Crippen molar-refractivity contribution in [2.24, 2.45) is 0 Å². The number of anilines is 1. The Bertz CT molecular complexity index is 1520. The number of thiophene rings is 1. The second kappa shape index (κ2) is 10.6. The molecule has 2 aromatic carbocycles. The number of para-hydroxylation sites is 1. The van der Waals surface area contributed by atoms with Gasteiger partial charge in [0.1, 0.15) is 21.7 Å². The maximum atomic E-state index is 12.8. The minimum Gasteiger partial charge on any atom is -0.462 e. The number of esters is 2. The van der Waals surface area contributed by atoms with Crippen LogP contribution in [0.1, 0.15) is 38.1 Å². The van der Waals surface area contributed by atoms with Crippen molar-refractivity contribution >= 4 is 45.2 Å². The molecule has 0 fully saturated rings. The lowest BCUT2D eigenvalue weighted by Gasteiger charge is -2.10. The maximum Gasteiger partial charge on any atom is 0.351 e. The molecule has 0 saturated heterocycles. The van der Waals surface area contributed by atoms with Crippen LogP contribution in [0.3, 0.4) is 0 Å². The summed E-state index contributed by atoms with van der Waals surface area (Å²) in [5.41, 5.74) is 1.94. The summed E-state index contributed by atoms with van der Waals surface area (Å²) >= 11 is 1.22. The maximum absolute atomic E-state index is 12.8. The van der Waals surface area contributed by atoms with Crippen LogP contribution in [-0.2, 0) is 14.3 Å². The molecule has 0 bridgehead atoms. The Kier molecular flexibility index (Phi) is 7.30. The van der Waals surface area contributed by atoms with Crippen LogP contribution in [0.4, 0.5) is 5.00 Å². The highest BCUT2D eigenvalue weighted by molar-refractivity contribution is 7.17. The van der Waals surface area contributed by atoms with Gasteiger partial charge in [-0.3, -0.25) is 4.79 Å². The molecule has 1 amide bonds. The van der Waals surface area contributed by atoms with Crippen molar-refractivity contribution < 1.29 is 28.3 Å². The van der Waals surface area contributed by atoms with E-state index in [1.807, 2.05) is 38.1 Å². The third-order valence-corrected chi connectivity index (χ3v) is 6.37. The average Bonchev–Trinajstić information content (AvgIpc) is 3.18. The van der Waals surface area contributed by atoms with Crippen LogP contribution in [0.5, 0.6) is 0 Å². The predicted molar refractivity (Wildman–Crippen MR) is 137 cm³/mol. The Hall–Kier alpha value is -4.24. The number of ether oxygens (including phenoxy) is 2. The van der Waals surface area contributed by atoms with Gasteiger partial charge in [-0.05, 0) is 38.5 Å². The van der Waals surface area contributed by atoms with Gasteiger partial charge in [-0.2, -0.15) is 0 Å². The highest BCUT2D eigenvalue weighted by atomic mass is 32.1. The SMILES string of the molecule is CCOC(=O)c1c(NC(=O)COC(=O)c2cc3ccccc3oc2=O)sc(C)c1-c1ccc(C)cc1. The first-order chi connectivity index (χ1) is 17.3. The molecule has 0 spiro atoms. The molecule has 1 N–H and O–H groups in total. The molecule has 0 aliphatic heterocycles. The zero-order chi connectivity index (χ0) is 25.8. The molecule has 2 heterocycles. The third kappa shape index (κ3) is 5.21.